The van der Waals surface area contributed by atoms with Crippen molar-refractivity contribution in [2.45, 2.75) is 44.1 Å². The minimum absolute atomic E-state index is 0.00370. The minimum Gasteiger partial charge on any atom is -0.322 e. The largest absolute Gasteiger partial charge is 0.344 e. The highest BCUT2D eigenvalue weighted by molar-refractivity contribution is 6.31. The van der Waals surface area contributed by atoms with Crippen LogP contribution in [0.3, 0.4) is 0 Å². The van der Waals surface area contributed by atoms with Crippen LogP contribution in [0.1, 0.15) is 37.7 Å². The molecular weight excluding hydrogens is 318 g/mol. The quantitative estimate of drug-likeness (QED) is 0.831. The molecule has 2 fully saturated rings. The van der Waals surface area contributed by atoms with Crippen LogP contribution >= 0.6 is 11.6 Å². The van der Waals surface area contributed by atoms with Gasteiger partial charge in [-0.05, 0) is 24.5 Å². The second kappa shape index (κ2) is 6.20. The average Bonchev–Trinajstić information content (AvgIpc) is 2.75. The molecule has 0 bridgehead atoms. The molecule has 7 heteroatoms. The lowest BCUT2D eigenvalue weighted by Crippen LogP contribution is -2.51. The molecular formula is C16H18ClN3O3. The molecule has 1 spiro atoms. The monoisotopic (exact) mass is 335 g/mol. The van der Waals surface area contributed by atoms with Crippen molar-refractivity contribution in [1.82, 2.24) is 15.8 Å². The second-order valence-corrected chi connectivity index (χ2v) is 6.42. The summed E-state index contributed by atoms with van der Waals surface area (Å²) in [5.41, 5.74) is 2.20. The van der Waals surface area contributed by atoms with E-state index in [1.54, 1.807) is 24.3 Å². The molecule has 6 nitrogen and oxygen atoms in total. The van der Waals surface area contributed by atoms with E-state index in [-0.39, 0.29) is 12.3 Å². The van der Waals surface area contributed by atoms with Crippen molar-refractivity contribution in [2.75, 3.05) is 0 Å². The molecule has 1 aliphatic heterocycles. The molecule has 1 saturated carbocycles. The lowest BCUT2D eigenvalue weighted by atomic mass is 9.82. The number of hydrogen-bond acceptors (Lipinski definition) is 3. The fraction of sp³-hybridized carbons (Fsp3) is 0.438. The van der Waals surface area contributed by atoms with Gasteiger partial charge in [-0.15, -0.1) is 0 Å². The molecule has 3 rings (SSSR count). The molecule has 122 valence electrons. The molecule has 2 N–H and O–H groups in total. The Kier molecular flexibility index (Phi) is 4.26. The number of carbonyl (C=O) groups is 3. The Morgan fingerprint density at radius 1 is 1.22 bits per heavy atom. The molecule has 1 aromatic carbocycles. The van der Waals surface area contributed by atoms with E-state index in [0.717, 1.165) is 24.3 Å². The number of nitrogens with zero attached hydrogens (tertiary/aromatic N) is 1. The van der Waals surface area contributed by atoms with E-state index in [2.05, 4.69) is 10.7 Å². The first kappa shape index (κ1) is 15.8. The summed E-state index contributed by atoms with van der Waals surface area (Å²) in [7, 11) is 0. The maximum Gasteiger partial charge on any atom is 0.344 e. The lowest BCUT2D eigenvalue weighted by molar-refractivity contribution is -0.139. The summed E-state index contributed by atoms with van der Waals surface area (Å²) in [5, 5.41) is 4.03. The van der Waals surface area contributed by atoms with E-state index in [0.29, 0.717) is 23.4 Å². The molecule has 2 aliphatic rings. The zero-order valence-corrected chi connectivity index (χ0v) is 13.4. The van der Waals surface area contributed by atoms with Gasteiger partial charge >= 0.3 is 6.03 Å². The topological polar surface area (TPSA) is 78.5 Å². The Bertz CT molecular complexity index is 656. The van der Waals surface area contributed by atoms with E-state index in [9.17, 15) is 14.4 Å². The van der Waals surface area contributed by atoms with Crippen LogP contribution in [-0.4, -0.2) is 28.4 Å². The molecule has 1 heterocycles. The van der Waals surface area contributed by atoms with Crippen molar-refractivity contribution in [1.29, 1.82) is 0 Å². The van der Waals surface area contributed by atoms with Crippen LogP contribution in [0, 0.1) is 0 Å². The normalized spacial score (nSPS) is 19.8. The molecule has 0 aromatic heterocycles. The Hall–Kier alpha value is -2.08. The third-order valence-corrected chi connectivity index (χ3v) is 4.78. The summed E-state index contributed by atoms with van der Waals surface area (Å²) in [4.78, 5) is 36.8. The first-order chi connectivity index (χ1) is 11.0. The van der Waals surface area contributed by atoms with Crippen molar-refractivity contribution in [3.63, 3.8) is 0 Å². The number of benzene rings is 1. The van der Waals surface area contributed by atoms with E-state index in [1.807, 2.05) is 0 Å². The highest BCUT2D eigenvalue weighted by Gasteiger charge is 2.52. The van der Waals surface area contributed by atoms with Crippen molar-refractivity contribution in [2.24, 2.45) is 0 Å². The van der Waals surface area contributed by atoms with Crippen molar-refractivity contribution >= 4 is 29.4 Å². The zero-order chi connectivity index (χ0) is 16.4. The standard InChI is InChI=1S/C16H18ClN3O3/c17-12-7-3-2-6-11(12)10-13(21)19-20-14(22)16(18-15(20)23)8-4-1-5-9-16/h2-3,6-7H,1,4-5,8-10H2,(H,18,23)(H,19,21). The number of halogens is 1. The number of amides is 4. The van der Waals surface area contributed by atoms with Crippen LogP contribution in [0.25, 0.3) is 0 Å². The average molecular weight is 336 g/mol. The van der Waals surface area contributed by atoms with Gasteiger partial charge in [0.25, 0.3) is 5.91 Å². The second-order valence-electron chi connectivity index (χ2n) is 6.02. The minimum atomic E-state index is -0.840. The number of carbonyl (C=O) groups excluding carboxylic acids is 3. The first-order valence-electron chi connectivity index (χ1n) is 7.71. The van der Waals surface area contributed by atoms with E-state index in [4.69, 9.17) is 11.6 Å². The smallest absolute Gasteiger partial charge is 0.322 e. The van der Waals surface area contributed by atoms with E-state index < -0.39 is 17.5 Å². The van der Waals surface area contributed by atoms with Crippen molar-refractivity contribution in [3.8, 4) is 0 Å². The Labute approximate surface area is 139 Å². The van der Waals surface area contributed by atoms with Gasteiger partial charge in [0.15, 0.2) is 0 Å². The van der Waals surface area contributed by atoms with Gasteiger partial charge in [0.2, 0.25) is 5.91 Å². The number of urea groups is 1. The van der Waals surface area contributed by atoms with Gasteiger partial charge < -0.3 is 5.32 Å². The fourth-order valence-corrected chi connectivity index (χ4v) is 3.40. The number of hydrazine groups is 1. The molecule has 23 heavy (non-hydrogen) atoms. The Morgan fingerprint density at radius 2 is 1.91 bits per heavy atom. The number of imide groups is 1. The van der Waals surface area contributed by atoms with E-state index >= 15 is 0 Å². The van der Waals surface area contributed by atoms with Gasteiger partial charge in [0.1, 0.15) is 5.54 Å². The molecule has 1 saturated heterocycles. The number of hydrogen-bond donors (Lipinski definition) is 2. The lowest BCUT2D eigenvalue weighted by Gasteiger charge is -2.30. The fourth-order valence-electron chi connectivity index (χ4n) is 3.20. The predicted octanol–water partition coefficient (Wildman–Crippen LogP) is 2.17. The summed E-state index contributed by atoms with van der Waals surface area (Å²) >= 11 is 6.02. The SMILES string of the molecule is O=C(Cc1ccccc1Cl)NN1C(=O)NC2(CCCCC2)C1=O. The maximum absolute atomic E-state index is 12.5. The molecule has 0 atom stereocenters. The zero-order valence-electron chi connectivity index (χ0n) is 12.6. The van der Waals surface area contributed by atoms with Crippen LogP contribution in [0.15, 0.2) is 24.3 Å². The predicted molar refractivity (Wildman–Crippen MR) is 84.5 cm³/mol. The summed E-state index contributed by atoms with van der Waals surface area (Å²) in [6.45, 7) is 0. The molecule has 4 amide bonds. The summed E-state index contributed by atoms with van der Waals surface area (Å²) in [6, 6.07) is 6.41. The number of rotatable bonds is 3. The Balaban J connectivity index is 1.68. The van der Waals surface area contributed by atoms with Crippen LogP contribution in [0.2, 0.25) is 5.02 Å². The Morgan fingerprint density at radius 3 is 2.61 bits per heavy atom. The first-order valence-corrected chi connectivity index (χ1v) is 8.09. The third-order valence-electron chi connectivity index (χ3n) is 4.41. The molecule has 0 unspecified atom stereocenters. The maximum atomic E-state index is 12.5. The third kappa shape index (κ3) is 3.03. The van der Waals surface area contributed by atoms with Crippen LogP contribution in [0.5, 0.6) is 0 Å². The van der Waals surface area contributed by atoms with Gasteiger partial charge in [-0.3, -0.25) is 15.0 Å². The molecule has 1 aliphatic carbocycles. The van der Waals surface area contributed by atoms with Gasteiger partial charge in [0.05, 0.1) is 6.42 Å². The van der Waals surface area contributed by atoms with Gasteiger partial charge in [-0.1, -0.05) is 49.1 Å². The van der Waals surface area contributed by atoms with Crippen molar-refractivity contribution < 1.29 is 14.4 Å². The molecule has 1 aromatic rings. The van der Waals surface area contributed by atoms with Gasteiger partial charge in [-0.25, -0.2) is 4.79 Å². The van der Waals surface area contributed by atoms with Gasteiger partial charge in [-0.2, -0.15) is 5.01 Å². The number of nitrogens with one attached hydrogen (secondary N) is 2. The van der Waals surface area contributed by atoms with Crippen LogP contribution in [0.4, 0.5) is 4.79 Å². The van der Waals surface area contributed by atoms with Crippen LogP contribution < -0.4 is 10.7 Å². The highest BCUT2D eigenvalue weighted by atomic mass is 35.5. The van der Waals surface area contributed by atoms with E-state index in [1.165, 1.54) is 0 Å². The summed E-state index contributed by atoms with van der Waals surface area (Å²) in [5.74, 6) is -0.816. The van der Waals surface area contributed by atoms with Gasteiger partial charge in [0, 0.05) is 5.02 Å². The summed E-state index contributed by atoms with van der Waals surface area (Å²) in [6.07, 6.45) is 4.09. The van der Waals surface area contributed by atoms with Crippen molar-refractivity contribution in [3.05, 3.63) is 34.9 Å². The molecule has 0 radical (unpaired) electrons. The summed E-state index contributed by atoms with van der Waals surface area (Å²) < 4.78 is 0. The highest BCUT2D eigenvalue weighted by Crippen LogP contribution is 2.33. The van der Waals surface area contributed by atoms with Crippen LogP contribution in [-0.2, 0) is 16.0 Å².